The smallest absolute Gasteiger partial charge is 0.274 e. The molecule has 1 atom stereocenters. The summed E-state index contributed by atoms with van der Waals surface area (Å²) in [7, 11) is 0. The number of fused-ring (bicyclic) bond motifs is 2. The zero-order valence-corrected chi connectivity index (χ0v) is 16.9. The number of halogens is 1. The number of carbonyl (C=O) groups excluding carboxylic acids is 1. The average molecular weight is 406 g/mol. The number of aryl methyl sites for hydroxylation is 1. The molecule has 7 heteroatoms. The lowest BCUT2D eigenvalue weighted by atomic mass is 9.90. The first-order chi connectivity index (χ1) is 14.0. The van der Waals surface area contributed by atoms with E-state index in [1.807, 2.05) is 30.2 Å². The van der Waals surface area contributed by atoms with Gasteiger partial charge in [-0.1, -0.05) is 23.7 Å². The molecular weight excluding hydrogens is 386 g/mol. The van der Waals surface area contributed by atoms with Crippen molar-refractivity contribution in [2.75, 3.05) is 6.54 Å². The topological polar surface area (TPSA) is 66.3 Å². The van der Waals surface area contributed by atoms with Crippen molar-refractivity contribution in [3.05, 3.63) is 76.3 Å². The van der Waals surface area contributed by atoms with Gasteiger partial charge >= 0.3 is 0 Å². The Hall–Kier alpha value is -3.12. The Balaban J connectivity index is 1.49. The molecule has 5 rings (SSSR count). The van der Waals surface area contributed by atoms with E-state index in [4.69, 9.17) is 11.6 Å². The molecule has 0 aliphatic carbocycles. The molecule has 1 aliphatic heterocycles. The van der Waals surface area contributed by atoms with Crippen LogP contribution in [0.1, 0.15) is 40.3 Å². The molecular formula is C22H20ClN5O. The Kier molecular flexibility index (Phi) is 4.17. The van der Waals surface area contributed by atoms with Crippen molar-refractivity contribution in [1.29, 1.82) is 0 Å². The van der Waals surface area contributed by atoms with Gasteiger partial charge < -0.3 is 4.90 Å². The molecule has 29 heavy (non-hydrogen) atoms. The maximum atomic E-state index is 13.2. The highest BCUT2D eigenvalue weighted by Crippen LogP contribution is 2.34. The van der Waals surface area contributed by atoms with Crippen molar-refractivity contribution in [1.82, 2.24) is 24.7 Å². The third-order valence-electron chi connectivity index (χ3n) is 5.73. The predicted molar refractivity (Wildman–Crippen MR) is 112 cm³/mol. The van der Waals surface area contributed by atoms with E-state index in [9.17, 15) is 4.79 Å². The van der Waals surface area contributed by atoms with Crippen molar-refractivity contribution in [2.45, 2.75) is 26.3 Å². The van der Waals surface area contributed by atoms with E-state index < -0.39 is 0 Å². The zero-order chi connectivity index (χ0) is 20.1. The Morgan fingerprint density at radius 3 is 2.90 bits per heavy atom. The molecule has 4 heterocycles. The van der Waals surface area contributed by atoms with Gasteiger partial charge in [-0.15, -0.1) is 0 Å². The Labute approximate surface area is 173 Å². The quantitative estimate of drug-likeness (QED) is 0.536. The van der Waals surface area contributed by atoms with E-state index in [1.165, 1.54) is 11.1 Å². The van der Waals surface area contributed by atoms with Crippen LogP contribution in [-0.2, 0) is 6.42 Å². The highest BCUT2D eigenvalue weighted by Gasteiger charge is 2.30. The lowest BCUT2D eigenvalue weighted by Gasteiger charge is -2.35. The molecule has 6 nitrogen and oxygen atoms in total. The van der Waals surface area contributed by atoms with Gasteiger partial charge in [0.25, 0.3) is 5.91 Å². The highest BCUT2D eigenvalue weighted by atomic mass is 35.5. The molecule has 0 saturated heterocycles. The number of nitrogens with zero attached hydrogens (tertiary/aromatic N) is 4. The summed E-state index contributed by atoms with van der Waals surface area (Å²) in [5.74, 6) is -0.0622. The number of benzene rings is 1. The van der Waals surface area contributed by atoms with E-state index in [0.29, 0.717) is 17.3 Å². The molecule has 0 fully saturated rings. The van der Waals surface area contributed by atoms with Gasteiger partial charge in [-0.25, -0.2) is 4.52 Å². The Morgan fingerprint density at radius 2 is 2.10 bits per heavy atom. The van der Waals surface area contributed by atoms with Gasteiger partial charge in [0.2, 0.25) is 0 Å². The van der Waals surface area contributed by atoms with Crippen molar-refractivity contribution in [3.8, 4) is 11.1 Å². The molecule has 1 aliphatic rings. The number of nitrogens with one attached hydrogen (secondary N) is 1. The van der Waals surface area contributed by atoms with E-state index in [-0.39, 0.29) is 11.9 Å². The number of rotatable bonds is 2. The fraction of sp³-hybridized carbons (Fsp3) is 0.227. The highest BCUT2D eigenvalue weighted by molar-refractivity contribution is 6.30. The number of hydrogen-bond acceptors (Lipinski definition) is 3. The molecule has 0 bridgehead atoms. The number of pyridine rings is 1. The van der Waals surface area contributed by atoms with Gasteiger partial charge in [-0.05, 0) is 61.2 Å². The molecule has 4 aromatic rings. The van der Waals surface area contributed by atoms with Crippen LogP contribution in [0.4, 0.5) is 0 Å². The molecule has 0 radical (unpaired) electrons. The monoisotopic (exact) mass is 405 g/mol. The van der Waals surface area contributed by atoms with Crippen LogP contribution in [-0.4, -0.2) is 37.2 Å². The van der Waals surface area contributed by atoms with E-state index in [2.05, 4.69) is 40.4 Å². The minimum atomic E-state index is -0.0622. The van der Waals surface area contributed by atoms with Crippen molar-refractivity contribution in [2.24, 2.45) is 0 Å². The number of aromatic amines is 1. The zero-order valence-electron chi connectivity index (χ0n) is 16.2. The van der Waals surface area contributed by atoms with Gasteiger partial charge in [-0.3, -0.25) is 9.89 Å². The SMILES string of the molecule is Cc1[nH]ncc1-c1ccc2c(c1)C(C)N(C(=O)c1cc3ccc(Cl)cn3n1)CC2. The average Bonchev–Trinajstić information content (AvgIpc) is 3.33. The van der Waals surface area contributed by atoms with Crippen LogP contribution in [0.15, 0.2) is 48.8 Å². The van der Waals surface area contributed by atoms with Crippen LogP contribution in [0.25, 0.3) is 16.6 Å². The third-order valence-corrected chi connectivity index (χ3v) is 5.95. The summed E-state index contributed by atoms with van der Waals surface area (Å²) >= 11 is 6.04. The number of hydrogen-bond donors (Lipinski definition) is 1. The molecule has 3 aromatic heterocycles. The van der Waals surface area contributed by atoms with Crippen LogP contribution >= 0.6 is 11.6 Å². The summed E-state index contributed by atoms with van der Waals surface area (Å²) in [6.07, 6.45) is 4.38. The number of aromatic nitrogens is 4. The third kappa shape index (κ3) is 3.00. The Bertz CT molecular complexity index is 1240. The summed E-state index contributed by atoms with van der Waals surface area (Å²) < 4.78 is 1.65. The summed E-state index contributed by atoms with van der Waals surface area (Å²) in [5, 5.41) is 12.1. The lowest BCUT2D eigenvalue weighted by Crippen LogP contribution is -2.39. The molecule has 1 amide bonds. The summed E-state index contributed by atoms with van der Waals surface area (Å²) in [5.41, 5.74) is 6.97. The summed E-state index contributed by atoms with van der Waals surface area (Å²) in [6.45, 7) is 4.76. The minimum absolute atomic E-state index is 0.0354. The maximum absolute atomic E-state index is 13.2. The second-order valence-electron chi connectivity index (χ2n) is 7.49. The predicted octanol–water partition coefficient (Wildman–Crippen LogP) is 4.45. The summed E-state index contributed by atoms with van der Waals surface area (Å²) in [6, 6.07) is 11.9. The van der Waals surface area contributed by atoms with Crippen molar-refractivity contribution in [3.63, 3.8) is 0 Å². The molecule has 146 valence electrons. The fourth-order valence-corrected chi connectivity index (χ4v) is 4.27. The second-order valence-corrected chi connectivity index (χ2v) is 7.93. The van der Waals surface area contributed by atoms with Crippen molar-refractivity contribution < 1.29 is 4.79 Å². The second kappa shape index (κ2) is 6.74. The first-order valence-electron chi connectivity index (χ1n) is 9.60. The van der Waals surface area contributed by atoms with Crippen molar-refractivity contribution >= 4 is 23.0 Å². The van der Waals surface area contributed by atoms with E-state index >= 15 is 0 Å². The Morgan fingerprint density at radius 1 is 1.24 bits per heavy atom. The van der Waals surface area contributed by atoms with Crippen LogP contribution < -0.4 is 0 Å². The van der Waals surface area contributed by atoms with Crippen LogP contribution in [0.3, 0.4) is 0 Å². The normalized spacial score (nSPS) is 16.2. The van der Waals surface area contributed by atoms with Gasteiger partial charge in [0.05, 0.1) is 22.8 Å². The maximum Gasteiger partial charge on any atom is 0.274 e. The van der Waals surface area contributed by atoms with Gasteiger partial charge in [0, 0.05) is 24.0 Å². The minimum Gasteiger partial charge on any atom is -0.330 e. The van der Waals surface area contributed by atoms with Gasteiger partial charge in [0.15, 0.2) is 5.69 Å². The van der Waals surface area contributed by atoms with E-state index in [1.54, 1.807) is 16.8 Å². The number of amides is 1. The standard InChI is InChI=1S/C22H20ClN5O/c1-13-20(11-24-25-13)16-4-3-15-7-8-27(14(2)19(15)9-16)22(29)21-10-18-6-5-17(23)12-28(18)26-21/h3-6,9-12,14H,7-8H2,1-2H3,(H,24,25). The molecule has 0 spiro atoms. The fourth-order valence-electron chi connectivity index (χ4n) is 4.11. The largest absolute Gasteiger partial charge is 0.330 e. The van der Waals surface area contributed by atoms with Gasteiger partial charge in [0.1, 0.15) is 0 Å². The van der Waals surface area contributed by atoms with Crippen LogP contribution in [0.5, 0.6) is 0 Å². The molecule has 1 unspecified atom stereocenters. The summed E-state index contributed by atoms with van der Waals surface area (Å²) in [4.78, 5) is 15.1. The molecule has 0 saturated carbocycles. The number of H-pyrrole nitrogens is 1. The van der Waals surface area contributed by atoms with Crippen LogP contribution in [0, 0.1) is 6.92 Å². The first kappa shape index (κ1) is 17.9. The van der Waals surface area contributed by atoms with E-state index in [0.717, 1.165) is 28.8 Å². The van der Waals surface area contributed by atoms with Crippen LogP contribution in [0.2, 0.25) is 5.02 Å². The number of carbonyl (C=O) groups is 1. The van der Waals surface area contributed by atoms with Gasteiger partial charge in [-0.2, -0.15) is 10.2 Å². The molecule has 1 N–H and O–H groups in total. The molecule has 1 aromatic carbocycles. The first-order valence-corrected chi connectivity index (χ1v) is 9.98. The lowest BCUT2D eigenvalue weighted by molar-refractivity contribution is 0.0671.